The van der Waals surface area contributed by atoms with Crippen molar-refractivity contribution in [2.45, 2.75) is 48.8 Å². The van der Waals surface area contributed by atoms with Crippen LogP contribution in [0.5, 0.6) is 0 Å². The first kappa shape index (κ1) is 21.7. The van der Waals surface area contributed by atoms with Crippen LogP contribution in [0.25, 0.3) is 0 Å². The summed E-state index contributed by atoms with van der Waals surface area (Å²) in [5, 5.41) is 14.9. The first-order chi connectivity index (χ1) is 14.0. The Morgan fingerprint density at radius 1 is 1.31 bits per heavy atom. The number of benzene rings is 1. The quantitative estimate of drug-likeness (QED) is 0.438. The van der Waals surface area contributed by atoms with E-state index in [1.807, 2.05) is 31.2 Å². The predicted octanol–water partition coefficient (Wildman–Crippen LogP) is 3.17. The van der Waals surface area contributed by atoms with Crippen molar-refractivity contribution < 1.29 is 14.3 Å². The average Bonchev–Trinajstić information content (AvgIpc) is 3.38. The summed E-state index contributed by atoms with van der Waals surface area (Å²) in [7, 11) is 0. The summed E-state index contributed by atoms with van der Waals surface area (Å²) in [6.45, 7) is 5.55. The van der Waals surface area contributed by atoms with Gasteiger partial charge in [-0.25, -0.2) is 0 Å². The topological polar surface area (TPSA) is 93.2 Å². The van der Waals surface area contributed by atoms with Crippen molar-refractivity contribution in [1.29, 1.82) is 0 Å². The SMILES string of the molecule is CC(=O)NCCc1ccc(C(=O)C(C)Sc2nnc(NCC3CCCO3)s2)cc1. The molecule has 0 spiro atoms. The number of hydrogen-bond donors (Lipinski definition) is 2. The summed E-state index contributed by atoms with van der Waals surface area (Å²) >= 11 is 2.88. The van der Waals surface area contributed by atoms with Gasteiger partial charge >= 0.3 is 0 Å². The molecule has 1 aromatic carbocycles. The van der Waals surface area contributed by atoms with Crippen LogP contribution >= 0.6 is 23.1 Å². The number of carbonyl (C=O) groups excluding carboxylic acids is 2. The zero-order valence-electron chi connectivity index (χ0n) is 16.6. The molecule has 1 saturated heterocycles. The van der Waals surface area contributed by atoms with Crippen LogP contribution < -0.4 is 10.6 Å². The molecule has 29 heavy (non-hydrogen) atoms. The number of nitrogens with one attached hydrogen (secondary N) is 2. The molecule has 1 fully saturated rings. The third-order valence-electron chi connectivity index (χ3n) is 4.58. The zero-order chi connectivity index (χ0) is 20.6. The Labute approximate surface area is 179 Å². The molecule has 2 unspecified atom stereocenters. The fraction of sp³-hybridized carbons (Fsp3) is 0.500. The molecule has 9 heteroatoms. The van der Waals surface area contributed by atoms with Gasteiger partial charge in [-0.15, -0.1) is 10.2 Å². The van der Waals surface area contributed by atoms with Gasteiger partial charge in [0.2, 0.25) is 11.0 Å². The zero-order valence-corrected chi connectivity index (χ0v) is 18.3. The van der Waals surface area contributed by atoms with Crippen LogP contribution in [0.1, 0.15) is 42.6 Å². The first-order valence-corrected chi connectivity index (χ1v) is 11.4. The van der Waals surface area contributed by atoms with E-state index in [4.69, 9.17) is 4.74 Å². The number of nitrogens with zero attached hydrogens (tertiary/aromatic N) is 2. The highest BCUT2D eigenvalue weighted by molar-refractivity contribution is 8.02. The van der Waals surface area contributed by atoms with Crippen molar-refractivity contribution in [2.24, 2.45) is 0 Å². The number of carbonyl (C=O) groups is 2. The van der Waals surface area contributed by atoms with Gasteiger partial charge in [0.05, 0.1) is 11.4 Å². The Balaban J connectivity index is 1.47. The molecule has 1 aliphatic rings. The van der Waals surface area contributed by atoms with Gasteiger partial charge in [0.15, 0.2) is 10.1 Å². The molecule has 2 heterocycles. The molecule has 7 nitrogen and oxygen atoms in total. The second-order valence-electron chi connectivity index (χ2n) is 6.94. The number of amides is 1. The number of thioether (sulfide) groups is 1. The molecule has 1 amide bonds. The molecular weight excluding hydrogens is 408 g/mol. The molecule has 3 rings (SSSR count). The van der Waals surface area contributed by atoms with Gasteiger partial charge in [-0.2, -0.15) is 0 Å². The van der Waals surface area contributed by atoms with Crippen molar-refractivity contribution in [2.75, 3.05) is 25.0 Å². The lowest BCUT2D eigenvalue weighted by Gasteiger charge is -2.09. The molecule has 2 N–H and O–H groups in total. The molecule has 0 bridgehead atoms. The van der Waals surface area contributed by atoms with Crippen LogP contribution in [0.3, 0.4) is 0 Å². The summed E-state index contributed by atoms with van der Waals surface area (Å²) in [5.74, 6) is 0.0250. The van der Waals surface area contributed by atoms with E-state index in [1.165, 1.54) is 30.0 Å². The van der Waals surface area contributed by atoms with Crippen molar-refractivity contribution >= 4 is 39.9 Å². The van der Waals surface area contributed by atoms with E-state index in [1.54, 1.807) is 0 Å². The van der Waals surface area contributed by atoms with Gasteiger partial charge < -0.3 is 15.4 Å². The van der Waals surface area contributed by atoms with E-state index < -0.39 is 0 Å². The maximum Gasteiger partial charge on any atom is 0.216 e. The highest BCUT2D eigenvalue weighted by atomic mass is 32.2. The minimum Gasteiger partial charge on any atom is -0.376 e. The lowest BCUT2D eigenvalue weighted by atomic mass is 10.0. The standard InChI is InChI=1S/C20H26N4O3S2/c1-13(18(26)16-7-5-15(6-8-16)9-10-21-14(2)25)28-20-24-23-19(29-20)22-12-17-4-3-11-27-17/h5-8,13,17H,3-4,9-12H2,1-2H3,(H,21,25)(H,22,23). The number of aromatic nitrogens is 2. The van der Waals surface area contributed by atoms with Gasteiger partial charge in [-0.1, -0.05) is 47.4 Å². The van der Waals surface area contributed by atoms with Crippen LogP contribution in [0.15, 0.2) is 28.6 Å². The summed E-state index contributed by atoms with van der Waals surface area (Å²) in [6.07, 6.45) is 3.17. The van der Waals surface area contributed by atoms with Crippen molar-refractivity contribution in [3.8, 4) is 0 Å². The molecule has 2 atom stereocenters. The molecule has 156 valence electrons. The van der Waals surface area contributed by atoms with Crippen LogP contribution in [-0.2, 0) is 16.0 Å². The fourth-order valence-electron chi connectivity index (χ4n) is 2.99. The normalized spacial score (nSPS) is 17.1. The number of Topliss-reactive ketones (excluding diaryl/α,β-unsaturated/α-hetero) is 1. The molecule has 1 aromatic heterocycles. The predicted molar refractivity (Wildman–Crippen MR) is 116 cm³/mol. The molecule has 0 aliphatic carbocycles. The van der Waals surface area contributed by atoms with Gasteiger partial charge in [0.1, 0.15) is 0 Å². The Morgan fingerprint density at radius 2 is 2.10 bits per heavy atom. The Kier molecular flexibility index (Phi) is 8.02. The highest BCUT2D eigenvalue weighted by Gasteiger charge is 2.20. The van der Waals surface area contributed by atoms with Gasteiger partial charge in [-0.05, 0) is 31.7 Å². The van der Waals surface area contributed by atoms with Gasteiger partial charge in [0, 0.05) is 32.2 Å². The second kappa shape index (κ2) is 10.7. The van der Waals surface area contributed by atoms with Crippen molar-refractivity contribution in [3.05, 3.63) is 35.4 Å². The number of rotatable bonds is 10. The van der Waals surface area contributed by atoms with E-state index >= 15 is 0 Å². The van der Waals surface area contributed by atoms with Gasteiger partial charge in [0.25, 0.3) is 0 Å². The van der Waals surface area contributed by atoms with E-state index in [0.717, 1.165) is 47.4 Å². The molecular formula is C20H26N4O3S2. The van der Waals surface area contributed by atoms with Crippen LogP contribution in [-0.4, -0.2) is 52.9 Å². The Hall–Kier alpha value is -1.97. The summed E-state index contributed by atoms with van der Waals surface area (Å²) in [6, 6.07) is 7.56. The molecule has 0 radical (unpaired) electrons. The minimum absolute atomic E-state index is 0.0375. The number of hydrogen-bond acceptors (Lipinski definition) is 8. The van der Waals surface area contributed by atoms with E-state index in [2.05, 4.69) is 20.8 Å². The Morgan fingerprint density at radius 3 is 2.79 bits per heavy atom. The minimum atomic E-state index is -0.251. The van der Waals surface area contributed by atoms with E-state index in [9.17, 15) is 9.59 Å². The summed E-state index contributed by atoms with van der Waals surface area (Å²) < 4.78 is 6.36. The molecule has 2 aromatic rings. The van der Waals surface area contributed by atoms with Crippen molar-refractivity contribution in [3.63, 3.8) is 0 Å². The third kappa shape index (κ3) is 6.80. The Bertz CT molecular complexity index is 819. The largest absolute Gasteiger partial charge is 0.376 e. The number of ether oxygens (including phenoxy) is 1. The number of ketones is 1. The fourth-order valence-corrected chi connectivity index (χ4v) is 4.97. The number of anilines is 1. The second-order valence-corrected chi connectivity index (χ2v) is 9.51. The maximum atomic E-state index is 12.7. The third-order valence-corrected chi connectivity index (χ3v) is 6.65. The average molecular weight is 435 g/mol. The summed E-state index contributed by atoms with van der Waals surface area (Å²) in [4.78, 5) is 23.6. The van der Waals surface area contributed by atoms with Gasteiger partial charge in [-0.3, -0.25) is 9.59 Å². The monoisotopic (exact) mass is 434 g/mol. The molecule has 0 saturated carbocycles. The van der Waals surface area contributed by atoms with Crippen LogP contribution in [0.4, 0.5) is 5.13 Å². The van der Waals surface area contributed by atoms with Crippen molar-refractivity contribution in [1.82, 2.24) is 15.5 Å². The van der Waals surface area contributed by atoms with E-state index in [0.29, 0.717) is 12.1 Å². The first-order valence-electron chi connectivity index (χ1n) is 9.74. The lowest BCUT2D eigenvalue weighted by Crippen LogP contribution is -2.22. The van der Waals surface area contributed by atoms with E-state index in [-0.39, 0.29) is 23.0 Å². The molecule has 1 aliphatic heterocycles. The lowest BCUT2D eigenvalue weighted by molar-refractivity contribution is -0.118. The summed E-state index contributed by atoms with van der Waals surface area (Å²) in [5.41, 5.74) is 1.76. The smallest absolute Gasteiger partial charge is 0.216 e. The highest BCUT2D eigenvalue weighted by Crippen LogP contribution is 2.30. The van der Waals surface area contributed by atoms with Crippen LogP contribution in [0.2, 0.25) is 0 Å². The van der Waals surface area contributed by atoms with Crippen LogP contribution in [0, 0.1) is 0 Å². The maximum absolute atomic E-state index is 12.7.